The maximum Gasteiger partial charge on any atom is 0.266 e. The molecule has 0 aliphatic carbocycles. The van der Waals surface area contributed by atoms with Crippen molar-refractivity contribution in [3.63, 3.8) is 0 Å². The molecule has 1 heterocycles. The average Bonchev–Trinajstić information content (AvgIpc) is 2.82. The number of anilines is 1. The molecule has 1 unspecified atom stereocenters. The third-order valence-electron chi connectivity index (χ3n) is 4.91. The number of hydrogen-bond acceptors (Lipinski definition) is 5. The number of nitrogens with zero attached hydrogens (tertiary/aromatic N) is 2. The summed E-state index contributed by atoms with van der Waals surface area (Å²) >= 11 is 1.17. The molecule has 0 saturated carbocycles. The summed E-state index contributed by atoms with van der Waals surface area (Å²) in [7, 11) is 0. The van der Waals surface area contributed by atoms with Crippen LogP contribution in [0.2, 0.25) is 0 Å². The Balaban J connectivity index is 1.69. The molecule has 0 radical (unpaired) electrons. The Morgan fingerprint density at radius 1 is 1.09 bits per heavy atom. The maximum atomic E-state index is 13.4. The van der Waals surface area contributed by atoms with Crippen molar-refractivity contribution in [3.05, 3.63) is 89.0 Å². The van der Waals surface area contributed by atoms with Gasteiger partial charge in [0, 0.05) is 5.69 Å². The predicted molar refractivity (Wildman–Crippen MR) is 129 cm³/mol. The number of carbonyl (C=O) groups excluding carboxylic acids is 1. The lowest BCUT2D eigenvalue weighted by Crippen LogP contribution is -2.26. The maximum absolute atomic E-state index is 13.4. The second-order valence-corrected chi connectivity index (χ2v) is 8.54. The van der Waals surface area contributed by atoms with Gasteiger partial charge in [0.25, 0.3) is 5.56 Å². The van der Waals surface area contributed by atoms with Gasteiger partial charge in [-0.2, -0.15) is 0 Å². The average molecular weight is 464 g/mol. The van der Waals surface area contributed by atoms with Crippen LogP contribution in [0, 0.1) is 5.82 Å². The lowest BCUT2D eigenvalue weighted by atomic mass is 10.2. The first-order chi connectivity index (χ1) is 16.0. The Bertz CT molecular complexity index is 1340. The van der Waals surface area contributed by atoms with E-state index in [9.17, 15) is 14.0 Å². The van der Waals surface area contributed by atoms with E-state index < -0.39 is 5.25 Å². The van der Waals surface area contributed by atoms with Crippen LogP contribution in [0.3, 0.4) is 0 Å². The molecule has 6 nitrogen and oxygen atoms in total. The van der Waals surface area contributed by atoms with E-state index in [4.69, 9.17) is 4.74 Å². The number of nitrogens with one attached hydrogen (secondary N) is 1. The van der Waals surface area contributed by atoms with Crippen LogP contribution in [0.5, 0.6) is 5.75 Å². The molecule has 1 N–H and O–H groups in total. The topological polar surface area (TPSA) is 73.2 Å². The van der Waals surface area contributed by atoms with Gasteiger partial charge in [-0.15, -0.1) is 0 Å². The van der Waals surface area contributed by atoms with Crippen molar-refractivity contribution in [2.24, 2.45) is 0 Å². The van der Waals surface area contributed by atoms with Gasteiger partial charge in [0.1, 0.15) is 11.6 Å². The van der Waals surface area contributed by atoms with Gasteiger partial charge < -0.3 is 10.1 Å². The fraction of sp³-hybridized carbons (Fsp3) is 0.160. The van der Waals surface area contributed by atoms with Crippen LogP contribution in [-0.2, 0) is 4.79 Å². The van der Waals surface area contributed by atoms with E-state index in [1.165, 1.54) is 40.6 Å². The van der Waals surface area contributed by atoms with Gasteiger partial charge in [-0.05, 0) is 74.5 Å². The molecule has 4 rings (SSSR count). The number of thioether (sulfide) groups is 1. The second kappa shape index (κ2) is 9.87. The van der Waals surface area contributed by atoms with E-state index in [0.29, 0.717) is 39.8 Å². The number of hydrogen-bond donors (Lipinski definition) is 1. The van der Waals surface area contributed by atoms with Gasteiger partial charge in [0.05, 0.1) is 28.4 Å². The van der Waals surface area contributed by atoms with E-state index in [1.54, 1.807) is 49.4 Å². The fourth-order valence-corrected chi connectivity index (χ4v) is 4.19. The minimum Gasteiger partial charge on any atom is -0.494 e. The monoisotopic (exact) mass is 463 g/mol. The number of rotatable bonds is 7. The van der Waals surface area contributed by atoms with Gasteiger partial charge in [-0.25, -0.2) is 9.37 Å². The normalized spacial score (nSPS) is 11.8. The van der Waals surface area contributed by atoms with E-state index in [0.717, 1.165) is 0 Å². The highest BCUT2D eigenvalue weighted by Crippen LogP contribution is 2.27. The Kier molecular flexibility index (Phi) is 6.74. The van der Waals surface area contributed by atoms with Crippen LogP contribution >= 0.6 is 11.8 Å². The predicted octanol–water partition coefficient (Wildman–Crippen LogP) is 5.04. The molecule has 4 aromatic rings. The Morgan fingerprint density at radius 3 is 2.48 bits per heavy atom. The number of benzene rings is 3. The van der Waals surface area contributed by atoms with Crippen LogP contribution in [0.4, 0.5) is 10.1 Å². The summed E-state index contributed by atoms with van der Waals surface area (Å²) in [4.78, 5) is 30.8. The zero-order valence-corrected chi connectivity index (χ0v) is 18.9. The molecule has 0 fully saturated rings. The highest BCUT2D eigenvalue weighted by molar-refractivity contribution is 8.00. The summed E-state index contributed by atoms with van der Waals surface area (Å²) in [5, 5.41) is 3.07. The van der Waals surface area contributed by atoms with E-state index in [2.05, 4.69) is 10.3 Å². The summed E-state index contributed by atoms with van der Waals surface area (Å²) in [6.45, 7) is 4.17. The molecule has 0 saturated heterocycles. The van der Waals surface area contributed by atoms with Gasteiger partial charge in [-0.1, -0.05) is 23.9 Å². The van der Waals surface area contributed by atoms with Crippen molar-refractivity contribution in [2.75, 3.05) is 11.9 Å². The fourth-order valence-electron chi connectivity index (χ4n) is 3.27. The highest BCUT2D eigenvalue weighted by atomic mass is 32.2. The molecule has 8 heteroatoms. The van der Waals surface area contributed by atoms with Crippen molar-refractivity contribution < 1.29 is 13.9 Å². The van der Waals surface area contributed by atoms with Crippen LogP contribution in [0.25, 0.3) is 16.6 Å². The summed E-state index contributed by atoms with van der Waals surface area (Å²) in [6, 6.07) is 19.8. The number of para-hydroxylation sites is 1. The van der Waals surface area contributed by atoms with Crippen LogP contribution in [-0.4, -0.2) is 27.3 Å². The number of amides is 1. The van der Waals surface area contributed by atoms with E-state index in [1.807, 2.05) is 13.0 Å². The summed E-state index contributed by atoms with van der Waals surface area (Å²) in [5.41, 5.74) is 1.44. The molecule has 33 heavy (non-hydrogen) atoms. The van der Waals surface area contributed by atoms with Gasteiger partial charge in [0.15, 0.2) is 5.16 Å². The Labute approximate surface area is 194 Å². The van der Waals surface area contributed by atoms with Crippen LogP contribution < -0.4 is 15.6 Å². The zero-order chi connectivity index (χ0) is 23.4. The lowest BCUT2D eigenvalue weighted by molar-refractivity contribution is -0.115. The molecule has 0 aliphatic rings. The summed E-state index contributed by atoms with van der Waals surface area (Å²) in [6.07, 6.45) is 0. The van der Waals surface area contributed by atoms with Crippen molar-refractivity contribution in [3.8, 4) is 11.4 Å². The number of carbonyl (C=O) groups is 1. The van der Waals surface area contributed by atoms with Crippen molar-refractivity contribution in [2.45, 2.75) is 24.3 Å². The molecule has 3 aromatic carbocycles. The number of aromatic nitrogens is 2. The summed E-state index contributed by atoms with van der Waals surface area (Å²) in [5.74, 6) is 0.0340. The zero-order valence-electron chi connectivity index (χ0n) is 18.1. The molecule has 0 bridgehead atoms. The SMILES string of the molecule is CCOc1ccc(-n2c(SC(C)C(=O)Nc3ccc(F)cc3)nc3ccccc3c2=O)cc1. The second-order valence-electron chi connectivity index (χ2n) is 7.24. The van der Waals surface area contributed by atoms with Gasteiger partial charge in [0.2, 0.25) is 5.91 Å². The molecule has 1 amide bonds. The first-order valence-corrected chi connectivity index (χ1v) is 11.3. The molecular formula is C25H22FN3O3S. The molecule has 168 valence electrons. The van der Waals surface area contributed by atoms with Crippen molar-refractivity contribution >= 4 is 34.3 Å². The molecule has 1 aromatic heterocycles. The number of ether oxygens (including phenoxy) is 1. The number of fused-ring (bicyclic) bond motifs is 1. The largest absolute Gasteiger partial charge is 0.494 e. The minimum atomic E-state index is -0.572. The van der Waals surface area contributed by atoms with E-state index in [-0.39, 0.29) is 17.3 Å². The first-order valence-electron chi connectivity index (χ1n) is 10.4. The lowest BCUT2D eigenvalue weighted by Gasteiger charge is -2.17. The van der Waals surface area contributed by atoms with Crippen molar-refractivity contribution in [1.82, 2.24) is 9.55 Å². The molecular weight excluding hydrogens is 441 g/mol. The van der Waals surface area contributed by atoms with Crippen LogP contribution in [0.15, 0.2) is 82.7 Å². The Hall–Kier alpha value is -3.65. The Morgan fingerprint density at radius 2 is 1.79 bits per heavy atom. The smallest absolute Gasteiger partial charge is 0.266 e. The van der Waals surface area contributed by atoms with Gasteiger partial charge >= 0.3 is 0 Å². The standard InChI is InChI=1S/C25H22FN3O3S/c1-3-32-20-14-12-19(13-15-20)29-24(31)21-6-4-5-7-22(21)28-25(29)33-16(2)23(30)27-18-10-8-17(26)9-11-18/h4-16H,3H2,1-2H3,(H,27,30). The third kappa shape index (κ3) is 5.06. The van der Waals surface area contributed by atoms with Crippen molar-refractivity contribution in [1.29, 1.82) is 0 Å². The quantitative estimate of drug-likeness (QED) is 0.307. The summed E-state index contributed by atoms with van der Waals surface area (Å²) < 4.78 is 20.2. The third-order valence-corrected chi connectivity index (χ3v) is 5.97. The highest BCUT2D eigenvalue weighted by Gasteiger charge is 2.20. The first kappa shape index (κ1) is 22.5. The number of halogens is 1. The molecule has 1 atom stereocenters. The minimum absolute atomic E-state index is 0.224. The van der Waals surface area contributed by atoms with Crippen LogP contribution in [0.1, 0.15) is 13.8 Å². The van der Waals surface area contributed by atoms with Gasteiger partial charge in [-0.3, -0.25) is 14.2 Å². The molecule has 0 spiro atoms. The molecule has 0 aliphatic heterocycles. The van der Waals surface area contributed by atoms with E-state index >= 15 is 0 Å².